The molecule has 30 heavy (non-hydrogen) atoms. The number of carbonyl (C=O) groups excluding carboxylic acids is 2. The summed E-state index contributed by atoms with van der Waals surface area (Å²) in [4.78, 5) is 27.2. The fourth-order valence-corrected chi connectivity index (χ4v) is 3.97. The van der Waals surface area contributed by atoms with Crippen LogP contribution in [-0.2, 0) is 9.59 Å². The van der Waals surface area contributed by atoms with E-state index in [4.69, 9.17) is 5.73 Å². The summed E-state index contributed by atoms with van der Waals surface area (Å²) >= 11 is 0. The Balaban J connectivity index is 3.05. The Morgan fingerprint density at radius 2 is 0.900 bits per heavy atom. The first kappa shape index (κ1) is 23.7. The van der Waals surface area contributed by atoms with Crippen LogP contribution in [0.15, 0.2) is 36.4 Å². The van der Waals surface area contributed by atoms with Gasteiger partial charge in [0.05, 0.1) is 11.4 Å². The van der Waals surface area contributed by atoms with Gasteiger partial charge in [0.2, 0.25) is 0 Å². The van der Waals surface area contributed by atoms with Gasteiger partial charge in [-0.1, -0.05) is 91.8 Å². The van der Waals surface area contributed by atoms with Crippen molar-refractivity contribution in [2.45, 2.75) is 79.1 Å². The molecule has 2 rings (SSSR count). The Hall–Kier alpha value is -2.62. The largest absolute Gasteiger partial charge is 0.361 e. The Morgan fingerprint density at radius 1 is 0.633 bits per heavy atom. The summed E-state index contributed by atoms with van der Waals surface area (Å²) in [5, 5.41) is 0. The van der Waals surface area contributed by atoms with Gasteiger partial charge in [-0.25, -0.2) is 0 Å². The van der Waals surface area contributed by atoms with Crippen molar-refractivity contribution in [2.24, 2.45) is 5.73 Å². The molecule has 0 aliphatic carbocycles. The average molecular weight is 409 g/mol. The normalized spacial score (nSPS) is 11.6. The number of nitrogens with two attached hydrogens (primary N) is 1. The molecule has 2 N–H and O–H groups in total. The van der Waals surface area contributed by atoms with Gasteiger partial charge in [0.1, 0.15) is 0 Å². The van der Waals surface area contributed by atoms with Gasteiger partial charge < -0.3 is 5.73 Å². The molecule has 4 nitrogen and oxygen atoms in total. The molecule has 0 aromatic heterocycles. The van der Waals surface area contributed by atoms with E-state index < -0.39 is 11.8 Å². The maximum absolute atomic E-state index is 13.4. The van der Waals surface area contributed by atoms with Gasteiger partial charge in [-0.3, -0.25) is 14.5 Å². The van der Waals surface area contributed by atoms with Crippen molar-refractivity contribution in [1.82, 2.24) is 0 Å². The first-order chi connectivity index (χ1) is 14.0. The predicted octanol–water partition coefficient (Wildman–Crippen LogP) is 6.33. The Bertz CT molecular complexity index is 811. The highest BCUT2D eigenvalue weighted by Gasteiger charge is 2.32. The van der Waals surface area contributed by atoms with Crippen LogP contribution in [0, 0.1) is 0 Å². The molecule has 0 saturated carbocycles. The van der Waals surface area contributed by atoms with Crippen LogP contribution in [0.2, 0.25) is 0 Å². The molecule has 0 saturated heterocycles. The first-order valence-corrected chi connectivity index (χ1v) is 10.9. The molecule has 0 heterocycles. The Labute approximate surface area is 181 Å². The van der Waals surface area contributed by atoms with E-state index in [1.165, 1.54) is 0 Å². The van der Waals surface area contributed by atoms with Crippen LogP contribution in [0.25, 0.3) is 0 Å². The molecule has 2 aromatic carbocycles. The van der Waals surface area contributed by atoms with Gasteiger partial charge in [-0.2, -0.15) is 0 Å². The van der Waals surface area contributed by atoms with Crippen molar-refractivity contribution in [2.75, 3.05) is 4.90 Å². The lowest BCUT2D eigenvalue weighted by Gasteiger charge is -2.33. The number of carbonyl (C=O) groups is 2. The van der Waals surface area contributed by atoms with E-state index in [9.17, 15) is 9.59 Å². The maximum atomic E-state index is 13.4. The summed E-state index contributed by atoms with van der Waals surface area (Å²) < 4.78 is 0. The lowest BCUT2D eigenvalue weighted by atomic mass is 9.88. The smallest absolute Gasteiger partial charge is 0.320 e. The van der Waals surface area contributed by atoms with Crippen molar-refractivity contribution < 1.29 is 9.59 Å². The zero-order valence-electron chi connectivity index (χ0n) is 19.6. The lowest BCUT2D eigenvalue weighted by molar-refractivity contribution is -0.135. The second kappa shape index (κ2) is 9.46. The van der Waals surface area contributed by atoms with Crippen LogP contribution in [0.1, 0.15) is 101 Å². The zero-order valence-corrected chi connectivity index (χ0v) is 19.6. The van der Waals surface area contributed by atoms with Crippen molar-refractivity contribution in [3.63, 3.8) is 0 Å². The Morgan fingerprint density at radius 3 is 1.10 bits per heavy atom. The van der Waals surface area contributed by atoms with E-state index in [0.29, 0.717) is 0 Å². The highest BCUT2D eigenvalue weighted by Crippen LogP contribution is 2.44. The standard InChI is InChI=1S/C26H36N2O2/c1-15(2)19-11-9-12-20(16(3)4)23(19)28(26(30)25(27)29)24-21(17(5)6)13-10-14-22(24)18(7)8/h9-18H,1-8H3,(H2,27,29). The summed E-state index contributed by atoms with van der Waals surface area (Å²) in [6.07, 6.45) is 0. The number of hydrogen-bond acceptors (Lipinski definition) is 2. The number of benzene rings is 2. The number of primary amides is 1. The molecular weight excluding hydrogens is 372 g/mol. The second-order valence-corrected chi connectivity index (χ2v) is 9.19. The summed E-state index contributed by atoms with van der Waals surface area (Å²) in [6.45, 7) is 16.8. The number of nitrogens with zero attached hydrogens (tertiary/aromatic N) is 1. The van der Waals surface area contributed by atoms with Crippen LogP contribution in [0.3, 0.4) is 0 Å². The minimum Gasteiger partial charge on any atom is -0.361 e. The van der Waals surface area contributed by atoms with E-state index >= 15 is 0 Å². The number of rotatable bonds is 6. The highest BCUT2D eigenvalue weighted by atomic mass is 16.2. The van der Waals surface area contributed by atoms with Gasteiger partial charge in [-0.15, -0.1) is 0 Å². The molecule has 0 radical (unpaired) electrons. The number of para-hydroxylation sites is 2. The molecular formula is C26H36N2O2. The quantitative estimate of drug-likeness (QED) is 0.568. The third-order valence-electron chi connectivity index (χ3n) is 5.55. The molecule has 0 unspecified atom stereocenters. The number of amides is 2. The van der Waals surface area contributed by atoms with Crippen LogP contribution in [0.4, 0.5) is 11.4 Å². The number of hydrogen-bond donors (Lipinski definition) is 1. The van der Waals surface area contributed by atoms with Crippen molar-refractivity contribution in [1.29, 1.82) is 0 Å². The van der Waals surface area contributed by atoms with Gasteiger partial charge >= 0.3 is 11.8 Å². The van der Waals surface area contributed by atoms with Crippen LogP contribution < -0.4 is 10.6 Å². The van der Waals surface area contributed by atoms with Crippen molar-refractivity contribution in [3.8, 4) is 0 Å². The van der Waals surface area contributed by atoms with E-state index in [2.05, 4.69) is 55.4 Å². The monoisotopic (exact) mass is 408 g/mol. The fraction of sp³-hybridized carbons (Fsp3) is 0.462. The molecule has 0 atom stereocenters. The molecule has 0 aliphatic rings. The first-order valence-electron chi connectivity index (χ1n) is 10.9. The molecule has 2 aromatic rings. The predicted molar refractivity (Wildman–Crippen MR) is 126 cm³/mol. The van der Waals surface area contributed by atoms with Gasteiger partial charge in [-0.05, 0) is 45.9 Å². The van der Waals surface area contributed by atoms with Crippen molar-refractivity contribution in [3.05, 3.63) is 58.7 Å². The maximum Gasteiger partial charge on any atom is 0.320 e. The molecule has 162 valence electrons. The molecule has 2 amide bonds. The van der Waals surface area contributed by atoms with E-state index in [-0.39, 0.29) is 23.7 Å². The van der Waals surface area contributed by atoms with Crippen LogP contribution in [-0.4, -0.2) is 11.8 Å². The third kappa shape index (κ3) is 4.58. The van der Waals surface area contributed by atoms with Crippen molar-refractivity contribution >= 4 is 23.2 Å². The molecule has 0 aliphatic heterocycles. The Kier molecular flexibility index (Phi) is 7.46. The molecule has 0 spiro atoms. The second-order valence-electron chi connectivity index (χ2n) is 9.19. The summed E-state index contributed by atoms with van der Waals surface area (Å²) in [6, 6.07) is 12.2. The lowest BCUT2D eigenvalue weighted by Crippen LogP contribution is -2.39. The zero-order chi connectivity index (χ0) is 22.7. The van der Waals surface area contributed by atoms with Crippen LogP contribution in [0.5, 0.6) is 0 Å². The van der Waals surface area contributed by atoms with E-state index in [1.807, 2.05) is 36.4 Å². The van der Waals surface area contributed by atoms with Gasteiger partial charge in [0.25, 0.3) is 0 Å². The topological polar surface area (TPSA) is 63.4 Å². The molecule has 0 fully saturated rings. The fourth-order valence-electron chi connectivity index (χ4n) is 3.97. The van der Waals surface area contributed by atoms with E-state index in [1.54, 1.807) is 4.90 Å². The minimum atomic E-state index is -0.948. The minimum absolute atomic E-state index is 0.176. The van der Waals surface area contributed by atoms with Gasteiger partial charge in [0, 0.05) is 0 Å². The average Bonchev–Trinajstić information content (AvgIpc) is 2.67. The molecule has 0 bridgehead atoms. The van der Waals surface area contributed by atoms with Crippen LogP contribution >= 0.6 is 0 Å². The SMILES string of the molecule is CC(C)c1cccc(C(C)C)c1N(C(=O)C(N)=O)c1c(C(C)C)cccc1C(C)C. The third-order valence-corrected chi connectivity index (χ3v) is 5.55. The summed E-state index contributed by atoms with van der Waals surface area (Å²) in [5.41, 5.74) is 11.3. The summed E-state index contributed by atoms with van der Waals surface area (Å²) in [7, 11) is 0. The highest BCUT2D eigenvalue weighted by molar-refractivity contribution is 6.42. The summed E-state index contributed by atoms with van der Waals surface area (Å²) in [5.74, 6) is -0.936. The van der Waals surface area contributed by atoms with Gasteiger partial charge in [0.15, 0.2) is 0 Å². The van der Waals surface area contributed by atoms with E-state index in [0.717, 1.165) is 33.6 Å². The molecule has 4 heteroatoms. The number of anilines is 2.